The molecule has 0 unspecified atom stereocenters. The van der Waals surface area contributed by atoms with E-state index in [4.69, 9.17) is 0 Å². The van der Waals surface area contributed by atoms with E-state index in [1.807, 2.05) is 68.4 Å². The number of rotatable bonds is 3. The number of nitrogens with one attached hydrogen (secondary N) is 3. The first-order chi connectivity index (χ1) is 13.1. The number of aromatic amines is 1. The molecule has 6 heteroatoms. The van der Waals surface area contributed by atoms with Crippen LogP contribution in [0.5, 0.6) is 0 Å². The van der Waals surface area contributed by atoms with Crippen molar-refractivity contribution >= 4 is 28.4 Å². The molecule has 0 bridgehead atoms. The van der Waals surface area contributed by atoms with Gasteiger partial charge < -0.3 is 10.6 Å². The lowest BCUT2D eigenvalue weighted by Gasteiger charge is -2.10. The predicted octanol–water partition coefficient (Wildman–Crippen LogP) is 4.89. The summed E-state index contributed by atoms with van der Waals surface area (Å²) in [6, 6.07) is 17.1. The first-order valence-corrected chi connectivity index (χ1v) is 8.65. The van der Waals surface area contributed by atoms with Crippen LogP contribution < -0.4 is 10.6 Å². The molecule has 4 aromatic rings. The summed E-state index contributed by atoms with van der Waals surface area (Å²) < 4.78 is 0. The molecule has 134 valence electrons. The number of carbonyl (C=O) groups excluding carboxylic acids is 1. The normalized spacial score (nSPS) is 10.7. The average molecular weight is 357 g/mol. The summed E-state index contributed by atoms with van der Waals surface area (Å²) in [5.41, 5.74) is 6.30. The van der Waals surface area contributed by atoms with Crippen molar-refractivity contribution in [2.75, 3.05) is 10.6 Å². The lowest BCUT2D eigenvalue weighted by molar-refractivity contribution is 0.262. The van der Waals surface area contributed by atoms with Crippen molar-refractivity contribution < 1.29 is 4.79 Å². The molecule has 0 radical (unpaired) electrons. The molecule has 0 aliphatic rings. The summed E-state index contributed by atoms with van der Waals surface area (Å²) in [6.45, 7) is 3.93. The minimum Gasteiger partial charge on any atom is -0.308 e. The molecule has 6 nitrogen and oxygen atoms in total. The van der Waals surface area contributed by atoms with Gasteiger partial charge in [-0.1, -0.05) is 30.3 Å². The van der Waals surface area contributed by atoms with Gasteiger partial charge in [0.2, 0.25) is 0 Å². The minimum absolute atomic E-state index is 0.269. The van der Waals surface area contributed by atoms with Crippen LogP contribution in [0.2, 0.25) is 0 Å². The fraction of sp³-hybridized carbons (Fsp3) is 0.0952. The topological polar surface area (TPSA) is 82.7 Å². The number of aryl methyl sites for hydroxylation is 2. The van der Waals surface area contributed by atoms with Crippen LogP contribution in [0.1, 0.15) is 11.3 Å². The van der Waals surface area contributed by atoms with Crippen LogP contribution in [0.15, 0.2) is 60.8 Å². The fourth-order valence-electron chi connectivity index (χ4n) is 3.07. The molecule has 0 aliphatic carbocycles. The van der Waals surface area contributed by atoms with Crippen LogP contribution in [0.3, 0.4) is 0 Å². The summed E-state index contributed by atoms with van der Waals surface area (Å²) in [5.74, 6) is 0. The Morgan fingerprint density at radius 2 is 1.74 bits per heavy atom. The number of carbonyl (C=O) groups is 1. The quantitative estimate of drug-likeness (QED) is 0.488. The second-order valence-corrected chi connectivity index (χ2v) is 6.38. The average Bonchev–Trinajstić information content (AvgIpc) is 3.06. The lowest BCUT2D eigenvalue weighted by Crippen LogP contribution is -2.19. The van der Waals surface area contributed by atoms with Gasteiger partial charge in [0.05, 0.1) is 0 Å². The van der Waals surface area contributed by atoms with E-state index in [0.29, 0.717) is 5.65 Å². The maximum absolute atomic E-state index is 12.2. The zero-order valence-electron chi connectivity index (χ0n) is 15.1. The van der Waals surface area contributed by atoms with Gasteiger partial charge in [0.1, 0.15) is 0 Å². The number of pyridine rings is 1. The highest BCUT2D eigenvalue weighted by atomic mass is 16.2. The number of H-pyrrole nitrogens is 1. The number of benzene rings is 2. The van der Waals surface area contributed by atoms with Gasteiger partial charge >= 0.3 is 6.03 Å². The number of anilines is 2. The van der Waals surface area contributed by atoms with Crippen LogP contribution in [-0.4, -0.2) is 21.2 Å². The van der Waals surface area contributed by atoms with E-state index >= 15 is 0 Å². The van der Waals surface area contributed by atoms with Gasteiger partial charge in [-0.25, -0.2) is 9.78 Å². The van der Waals surface area contributed by atoms with Gasteiger partial charge in [-0.3, -0.25) is 5.10 Å². The van der Waals surface area contributed by atoms with E-state index in [1.54, 1.807) is 6.20 Å². The first-order valence-electron chi connectivity index (χ1n) is 8.65. The van der Waals surface area contributed by atoms with Crippen molar-refractivity contribution in [2.24, 2.45) is 0 Å². The Kier molecular flexibility index (Phi) is 4.30. The van der Waals surface area contributed by atoms with Crippen LogP contribution in [0, 0.1) is 13.8 Å². The Balaban J connectivity index is 1.53. The van der Waals surface area contributed by atoms with Crippen LogP contribution in [-0.2, 0) is 0 Å². The SMILES string of the molecule is Cc1ccccc1NC(=O)Nc1ccc(-c2ccnc3n[nH]c(C)c23)cc1. The Morgan fingerprint density at radius 1 is 0.963 bits per heavy atom. The van der Waals surface area contributed by atoms with Gasteiger partial charge in [0.15, 0.2) is 5.65 Å². The molecule has 0 fully saturated rings. The number of fused-ring (bicyclic) bond motifs is 1. The first kappa shape index (κ1) is 16.8. The summed E-state index contributed by atoms with van der Waals surface area (Å²) in [4.78, 5) is 16.5. The molecule has 2 heterocycles. The fourth-order valence-corrected chi connectivity index (χ4v) is 3.07. The monoisotopic (exact) mass is 357 g/mol. The summed E-state index contributed by atoms with van der Waals surface area (Å²) in [7, 11) is 0. The Labute approximate surface area is 156 Å². The van der Waals surface area contributed by atoms with E-state index in [1.165, 1.54) is 0 Å². The van der Waals surface area contributed by atoms with Gasteiger partial charge in [0.25, 0.3) is 0 Å². The molecule has 4 rings (SSSR count). The second kappa shape index (κ2) is 6.92. The van der Waals surface area contributed by atoms with Crippen molar-refractivity contribution in [3.63, 3.8) is 0 Å². The third kappa shape index (κ3) is 3.37. The van der Waals surface area contributed by atoms with Crippen molar-refractivity contribution in [2.45, 2.75) is 13.8 Å². The Bertz CT molecular complexity index is 1120. The van der Waals surface area contributed by atoms with Crippen LogP contribution in [0.4, 0.5) is 16.2 Å². The van der Waals surface area contributed by atoms with Crippen molar-refractivity contribution in [1.29, 1.82) is 0 Å². The van der Waals surface area contributed by atoms with Crippen LogP contribution in [0.25, 0.3) is 22.2 Å². The largest absolute Gasteiger partial charge is 0.323 e. The molecule has 0 saturated carbocycles. The molecule has 2 aromatic carbocycles. The molecular formula is C21H19N5O. The van der Waals surface area contributed by atoms with Gasteiger partial charge in [-0.05, 0) is 54.8 Å². The van der Waals surface area contributed by atoms with Crippen molar-refractivity contribution in [3.05, 3.63) is 72.1 Å². The lowest BCUT2D eigenvalue weighted by atomic mass is 10.0. The van der Waals surface area contributed by atoms with E-state index in [9.17, 15) is 4.79 Å². The number of hydrogen-bond donors (Lipinski definition) is 3. The molecule has 0 atom stereocenters. The molecule has 27 heavy (non-hydrogen) atoms. The number of nitrogens with zero attached hydrogens (tertiary/aromatic N) is 2. The highest BCUT2D eigenvalue weighted by Crippen LogP contribution is 2.29. The minimum atomic E-state index is -0.269. The smallest absolute Gasteiger partial charge is 0.308 e. The van der Waals surface area contributed by atoms with Gasteiger partial charge in [-0.2, -0.15) is 5.10 Å². The van der Waals surface area contributed by atoms with Crippen molar-refractivity contribution in [3.8, 4) is 11.1 Å². The number of para-hydroxylation sites is 1. The molecule has 0 aliphatic heterocycles. The molecule has 2 aromatic heterocycles. The standard InChI is InChI=1S/C21H19N5O/c1-13-5-3-4-6-18(13)24-21(27)23-16-9-7-15(8-10-16)17-11-12-22-20-19(17)14(2)25-26-20/h3-12H,1-2H3,(H,22,25,26)(H2,23,24,27). The van der Waals surface area contributed by atoms with Crippen LogP contribution >= 0.6 is 0 Å². The summed E-state index contributed by atoms with van der Waals surface area (Å²) in [6.07, 6.45) is 1.75. The highest BCUT2D eigenvalue weighted by molar-refractivity contribution is 6.00. The molecule has 0 spiro atoms. The summed E-state index contributed by atoms with van der Waals surface area (Å²) in [5, 5.41) is 13.9. The summed E-state index contributed by atoms with van der Waals surface area (Å²) >= 11 is 0. The van der Waals surface area contributed by atoms with Gasteiger partial charge in [-0.15, -0.1) is 0 Å². The van der Waals surface area contributed by atoms with E-state index in [2.05, 4.69) is 25.8 Å². The second-order valence-electron chi connectivity index (χ2n) is 6.38. The third-order valence-electron chi connectivity index (χ3n) is 4.48. The number of amides is 2. The predicted molar refractivity (Wildman–Crippen MR) is 108 cm³/mol. The van der Waals surface area contributed by atoms with Gasteiger partial charge in [0, 0.05) is 28.7 Å². The number of hydrogen-bond acceptors (Lipinski definition) is 3. The van der Waals surface area contributed by atoms with E-state index in [0.717, 1.165) is 39.1 Å². The molecule has 3 N–H and O–H groups in total. The zero-order valence-corrected chi connectivity index (χ0v) is 15.1. The molecular weight excluding hydrogens is 338 g/mol. The zero-order chi connectivity index (χ0) is 18.8. The molecule has 0 saturated heterocycles. The third-order valence-corrected chi connectivity index (χ3v) is 4.48. The highest BCUT2D eigenvalue weighted by Gasteiger charge is 2.10. The number of aromatic nitrogens is 3. The Morgan fingerprint density at radius 3 is 2.52 bits per heavy atom. The van der Waals surface area contributed by atoms with Crippen molar-refractivity contribution in [1.82, 2.24) is 15.2 Å². The van der Waals surface area contributed by atoms with E-state index < -0.39 is 0 Å². The number of urea groups is 1. The maximum atomic E-state index is 12.2. The van der Waals surface area contributed by atoms with E-state index in [-0.39, 0.29) is 6.03 Å². The maximum Gasteiger partial charge on any atom is 0.323 e. The Hall–Kier alpha value is -3.67. The molecule has 2 amide bonds.